The predicted octanol–water partition coefficient (Wildman–Crippen LogP) is 2.80. The van der Waals surface area contributed by atoms with E-state index in [1.165, 1.54) is 12.7 Å². The first kappa shape index (κ1) is 10.3. The van der Waals surface area contributed by atoms with Crippen molar-refractivity contribution in [1.29, 1.82) is 0 Å². The number of hydrogen-bond acceptors (Lipinski definition) is 1. The van der Waals surface area contributed by atoms with Crippen LogP contribution in [0.2, 0.25) is 0 Å². The lowest BCUT2D eigenvalue weighted by Gasteiger charge is -2.21. The fraction of sp³-hybridized carbons (Fsp3) is 0.750. The van der Waals surface area contributed by atoms with Crippen LogP contribution in [0, 0.1) is 23.7 Å². The summed E-state index contributed by atoms with van der Waals surface area (Å²) in [5.41, 5.74) is -0.0176. The third kappa shape index (κ3) is 2.59. The van der Waals surface area contributed by atoms with Crippen molar-refractivity contribution in [2.75, 3.05) is 0 Å². The van der Waals surface area contributed by atoms with Crippen LogP contribution >= 0.6 is 0 Å². The SMILES string of the molecule is C#CCCCC1(C=O)CCC(C)C1. The van der Waals surface area contributed by atoms with Gasteiger partial charge in [-0.25, -0.2) is 0 Å². The van der Waals surface area contributed by atoms with Gasteiger partial charge in [0.1, 0.15) is 6.29 Å². The number of carbonyl (C=O) groups excluding carboxylic acids is 1. The molecule has 0 aromatic rings. The Morgan fingerprint density at radius 1 is 1.69 bits per heavy atom. The summed E-state index contributed by atoms with van der Waals surface area (Å²) >= 11 is 0. The van der Waals surface area contributed by atoms with E-state index in [1.54, 1.807) is 0 Å². The van der Waals surface area contributed by atoms with Gasteiger partial charge in [-0.3, -0.25) is 0 Å². The molecule has 72 valence electrons. The average molecular weight is 178 g/mol. The van der Waals surface area contributed by atoms with E-state index < -0.39 is 0 Å². The number of aldehydes is 1. The van der Waals surface area contributed by atoms with Gasteiger partial charge in [0.25, 0.3) is 0 Å². The van der Waals surface area contributed by atoms with Gasteiger partial charge in [-0.2, -0.15) is 0 Å². The molecule has 1 aliphatic carbocycles. The molecule has 0 aliphatic heterocycles. The third-order valence-electron chi connectivity index (χ3n) is 3.14. The fourth-order valence-corrected chi connectivity index (χ4v) is 2.37. The fourth-order valence-electron chi connectivity index (χ4n) is 2.37. The number of unbranched alkanes of at least 4 members (excludes halogenated alkanes) is 1. The molecule has 1 saturated carbocycles. The minimum absolute atomic E-state index is 0.0176. The lowest BCUT2D eigenvalue weighted by atomic mass is 9.82. The molecule has 0 aromatic carbocycles. The maximum absolute atomic E-state index is 11.0. The van der Waals surface area contributed by atoms with Gasteiger partial charge in [0.2, 0.25) is 0 Å². The summed E-state index contributed by atoms with van der Waals surface area (Å²) in [6, 6.07) is 0. The standard InChI is InChI=1S/C12H18O/c1-3-4-5-7-12(10-13)8-6-11(2)9-12/h1,10-11H,4-9H2,2H3. The molecule has 1 aliphatic rings. The number of terminal acetylenes is 1. The van der Waals surface area contributed by atoms with Gasteiger partial charge in [0, 0.05) is 11.8 Å². The summed E-state index contributed by atoms with van der Waals surface area (Å²) in [6.45, 7) is 2.23. The van der Waals surface area contributed by atoms with Crippen LogP contribution in [-0.2, 0) is 4.79 Å². The maximum atomic E-state index is 11.0. The largest absolute Gasteiger partial charge is 0.303 e. The Morgan fingerprint density at radius 2 is 2.46 bits per heavy atom. The Kier molecular flexibility index (Phi) is 3.54. The minimum Gasteiger partial charge on any atom is -0.303 e. The molecular formula is C12H18O. The highest BCUT2D eigenvalue weighted by Crippen LogP contribution is 2.43. The quantitative estimate of drug-likeness (QED) is 0.367. The first-order valence-electron chi connectivity index (χ1n) is 5.12. The average Bonchev–Trinajstić information content (AvgIpc) is 2.49. The van der Waals surface area contributed by atoms with Gasteiger partial charge in [-0.1, -0.05) is 6.92 Å². The highest BCUT2D eigenvalue weighted by molar-refractivity contribution is 5.59. The molecule has 1 heteroatoms. The Labute approximate surface area is 80.9 Å². The van der Waals surface area contributed by atoms with Crippen molar-refractivity contribution in [2.24, 2.45) is 11.3 Å². The van der Waals surface area contributed by atoms with Gasteiger partial charge in [-0.15, -0.1) is 12.3 Å². The number of carbonyl (C=O) groups is 1. The third-order valence-corrected chi connectivity index (χ3v) is 3.14. The molecule has 0 saturated heterocycles. The van der Waals surface area contributed by atoms with E-state index in [0.717, 1.165) is 38.0 Å². The molecule has 0 aromatic heterocycles. The summed E-state index contributed by atoms with van der Waals surface area (Å²) in [4.78, 5) is 11.0. The van der Waals surface area contributed by atoms with Crippen molar-refractivity contribution >= 4 is 6.29 Å². The van der Waals surface area contributed by atoms with E-state index in [4.69, 9.17) is 6.42 Å². The lowest BCUT2D eigenvalue weighted by molar-refractivity contribution is -0.116. The molecule has 1 nitrogen and oxygen atoms in total. The Balaban J connectivity index is 2.42. The van der Waals surface area contributed by atoms with Gasteiger partial charge >= 0.3 is 0 Å². The summed E-state index contributed by atoms with van der Waals surface area (Å²) in [7, 11) is 0. The summed E-state index contributed by atoms with van der Waals surface area (Å²) < 4.78 is 0. The van der Waals surface area contributed by atoms with Crippen LogP contribution in [0.15, 0.2) is 0 Å². The van der Waals surface area contributed by atoms with E-state index in [1.807, 2.05) is 0 Å². The molecular weight excluding hydrogens is 160 g/mol. The van der Waals surface area contributed by atoms with Gasteiger partial charge in [0.15, 0.2) is 0 Å². The first-order chi connectivity index (χ1) is 6.22. The molecule has 1 fully saturated rings. The smallest absolute Gasteiger partial charge is 0.126 e. The van der Waals surface area contributed by atoms with Crippen LogP contribution in [-0.4, -0.2) is 6.29 Å². The van der Waals surface area contributed by atoms with E-state index in [-0.39, 0.29) is 5.41 Å². The normalized spacial score (nSPS) is 32.8. The Morgan fingerprint density at radius 3 is 2.92 bits per heavy atom. The van der Waals surface area contributed by atoms with Crippen LogP contribution in [0.3, 0.4) is 0 Å². The van der Waals surface area contributed by atoms with Crippen molar-refractivity contribution in [2.45, 2.75) is 45.4 Å². The Bertz CT molecular complexity index is 214. The maximum Gasteiger partial charge on any atom is 0.126 e. The van der Waals surface area contributed by atoms with Gasteiger partial charge in [-0.05, 0) is 38.0 Å². The summed E-state index contributed by atoms with van der Waals surface area (Å²) in [5, 5.41) is 0. The molecule has 1 rings (SSSR count). The predicted molar refractivity (Wildman–Crippen MR) is 54.2 cm³/mol. The molecule has 13 heavy (non-hydrogen) atoms. The van der Waals surface area contributed by atoms with Gasteiger partial charge < -0.3 is 4.79 Å². The zero-order chi connectivity index (χ0) is 9.73. The van der Waals surface area contributed by atoms with Crippen molar-refractivity contribution in [3.63, 3.8) is 0 Å². The van der Waals surface area contributed by atoms with Crippen molar-refractivity contribution in [3.05, 3.63) is 0 Å². The van der Waals surface area contributed by atoms with Crippen molar-refractivity contribution in [3.8, 4) is 12.3 Å². The van der Waals surface area contributed by atoms with E-state index in [0.29, 0.717) is 0 Å². The molecule has 0 amide bonds. The minimum atomic E-state index is -0.0176. The Hall–Kier alpha value is -0.770. The molecule has 2 unspecified atom stereocenters. The van der Waals surface area contributed by atoms with E-state index in [2.05, 4.69) is 12.8 Å². The number of hydrogen-bond donors (Lipinski definition) is 0. The lowest BCUT2D eigenvalue weighted by Crippen LogP contribution is -2.18. The van der Waals surface area contributed by atoms with Crippen LogP contribution < -0.4 is 0 Å². The highest BCUT2D eigenvalue weighted by Gasteiger charge is 2.36. The number of rotatable bonds is 4. The van der Waals surface area contributed by atoms with Crippen molar-refractivity contribution < 1.29 is 4.79 Å². The monoisotopic (exact) mass is 178 g/mol. The van der Waals surface area contributed by atoms with Crippen molar-refractivity contribution in [1.82, 2.24) is 0 Å². The van der Waals surface area contributed by atoms with Crippen LogP contribution in [0.25, 0.3) is 0 Å². The molecule has 0 heterocycles. The summed E-state index contributed by atoms with van der Waals surface area (Å²) in [5.74, 6) is 3.35. The molecule has 0 radical (unpaired) electrons. The van der Waals surface area contributed by atoms with Gasteiger partial charge in [0.05, 0.1) is 0 Å². The van der Waals surface area contributed by atoms with Crippen LogP contribution in [0.1, 0.15) is 45.4 Å². The van der Waals surface area contributed by atoms with E-state index >= 15 is 0 Å². The molecule has 0 spiro atoms. The zero-order valence-electron chi connectivity index (χ0n) is 8.38. The zero-order valence-corrected chi connectivity index (χ0v) is 8.38. The second kappa shape index (κ2) is 4.46. The summed E-state index contributed by atoms with van der Waals surface area (Å²) in [6.07, 6.45) is 12.5. The molecule has 2 atom stereocenters. The highest BCUT2D eigenvalue weighted by atomic mass is 16.1. The second-order valence-electron chi connectivity index (χ2n) is 4.39. The van der Waals surface area contributed by atoms with Crippen LogP contribution in [0.4, 0.5) is 0 Å². The van der Waals surface area contributed by atoms with Crippen LogP contribution in [0.5, 0.6) is 0 Å². The second-order valence-corrected chi connectivity index (χ2v) is 4.39. The molecule has 0 bridgehead atoms. The molecule has 0 N–H and O–H groups in total. The topological polar surface area (TPSA) is 17.1 Å². The first-order valence-corrected chi connectivity index (χ1v) is 5.12. The van der Waals surface area contributed by atoms with E-state index in [9.17, 15) is 4.79 Å².